The van der Waals surface area contributed by atoms with Gasteiger partial charge in [0.25, 0.3) is 0 Å². The molecule has 43 heavy (non-hydrogen) atoms. The number of hydrogen-bond donors (Lipinski definition) is 3. The molecule has 2 aromatic carbocycles. The van der Waals surface area contributed by atoms with Crippen molar-refractivity contribution in [3.05, 3.63) is 98.6 Å². The van der Waals surface area contributed by atoms with Crippen molar-refractivity contribution in [1.82, 2.24) is 5.32 Å². The van der Waals surface area contributed by atoms with E-state index in [1.54, 1.807) is 35.8 Å². The first-order chi connectivity index (χ1) is 20.9. The van der Waals surface area contributed by atoms with Crippen LogP contribution in [0.15, 0.2) is 77.8 Å². The van der Waals surface area contributed by atoms with Gasteiger partial charge >= 0.3 is 0 Å². The Labute approximate surface area is 260 Å². The summed E-state index contributed by atoms with van der Waals surface area (Å²) in [5, 5.41) is 16.0. The van der Waals surface area contributed by atoms with Crippen molar-refractivity contribution in [1.29, 1.82) is 0 Å². The maximum atomic E-state index is 14.2. The molecule has 0 saturated heterocycles. The molecule has 2 aliphatic rings. The van der Waals surface area contributed by atoms with Gasteiger partial charge in [-0.05, 0) is 96.3 Å². The van der Waals surface area contributed by atoms with Crippen LogP contribution in [0, 0.1) is 35.5 Å². The Morgan fingerprint density at radius 1 is 1.00 bits per heavy atom. The van der Waals surface area contributed by atoms with Crippen LogP contribution >= 0.6 is 22.7 Å². The van der Waals surface area contributed by atoms with Crippen LogP contribution in [0.2, 0.25) is 0 Å². The Bertz CT molecular complexity index is 1860. The number of nitrogens with one attached hydrogen (secondary N) is 1. The van der Waals surface area contributed by atoms with Crippen molar-refractivity contribution >= 4 is 46.6 Å². The van der Waals surface area contributed by atoms with Crippen LogP contribution in [0.25, 0.3) is 21.9 Å². The second kappa shape index (κ2) is 12.6. The van der Waals surface area contributed by atoms with Crippen LogP contribution in [0.3, 0.4) is 0 Å². The Hall–Kier alpha value is -4.12. The lowest BCUT2D eigenvalue weighted by atomic mass is 9.61. The van der Waals surface area contributed by atoms with Crippen LogP contribution < -0.4 is 21.5 Å². The number of benzene rings is 2. The molecular formula is C36H35N3O2S2. The average molecular weight is 606 g/mol. The van der Waals surface area contributed by atoms with E-state index in [1.807, 2.05) is 37.3 Å². The number of aromatic hydroxyl groups is 1. The number of fused-ring (bicyclic) bond motifs is 2. The minimum Gasteiger partial charge on any atom is -0.508 e. The number of nitrogens with zero attached hydrogens (tertiary/aromatic N) is 1. The van der Waals surface area contributed by atoms with Crippen LogP contribution in [0.4, 0.5) is 0 Å². The van der Waals surface area contributed by atoms with Crippen molar-refractivity contribution in [2.24, 2.45) is 34.4 Å². The number of aliphatic imine (C=N–C) groups is 1. The predicted octanol–water partition coefficient (Wildman–Crippen LogP) is 5.42. The topological polar surface area (TPSA) is 87.7 Å². The molecule has 2 heterocycles. The average Bonchev–Trinajstić information content (AvgIpc) is 3.69. The summed E-state index contributed by atoms with van der Waals surface area (Å²) in [5.74, 6) is 7.28. The highest BCUT2D eigenvalue weighted by Crippen LogP contribution is 2.46. The monoisotopic (exact) mass is 605 g/mol. The third-order valence-electron chi connectivity index (χ3n) is 8.69. The molecule has 1 saturated carbocycles. The molecule has 4 aromatic rings. The van der Waals surface area contributed by atoms with Crippen molar-refractivity contribution in [2.45, 2.75) is 32.2 Å². The van der Waals surface area contributed by atoms with Gasteiger partial charge in [-0.2, -0.15) is 0 Å². The molecule has 7 heteroatoms. The molecule has 0 bridgehead atoms. The lowest BCUT2D eigenvalue weighted by Crippen LogP contribution is -2.52. The fraction of sp³-hybridized carbons (Fsp3) is 0.278. The molecule has 6 rings (SSSR count). The number of hydrogen-bond acceptors (Lipinski definition) is 5. The second-order valence-corrected chi connectivity index (χ2v) is 13.4. The number of guanidine groups is 1. The molecule has 2 aromatic heterocycles. The van der Waals surface area contributed by atoms with Crippen molar-refractivity contribution in [2.75, 3.05) is 7.05 Å². The maximum Gasteiger partial charge on any atom is 0.188 e. The molecule has 0 amide bonds. The molecule has 1 fully saturated rings. The summed E-state index contributed by atoms with van der Waals surface area (Å²) < 4.78 is 0. The number of ketones is 1. The molecule has 0 aliphatic heterocycles. The third kappa shape index (κ3) is 6.17. The summed E-state index contributed by atoms with van der Waals surface area (Å²) in [6.45, 7) is 1.85. The van der Waals surface area contributed by atoms with Crippen LogP contribution in [0.1, 0.15) is 39.9 Å². The third-order valence-corrected chi connectivity index (χ3v) is 11.0. The molecule has 5 atom stereocenters. The summed E-state index contributed by atoms with van der Waals surface area (Å²) in [7, 11) is 1.69. The van der Waals surface area contributed by atoms with Gasteiger partial charge in [0, 0.05) is 28.8 Å². The molecule has 0 spiro atoms. The first-order valence-corrected chi connectivity index (χ1v) is 16.3. The van der Waals surface area contributed by atoms with Crippen molar-refractivity contribution in [3.8, 4) is 27.3 Å². The van der Waals surface area contributed by atoms with Gasteiger partial charge in [0.15, 0.2) is 11.7 Å². The molecule has 2 aliphatic carbocycles. The Balaban J connectivity index is 1.33. The van der Waals surface area contributed by atoms with Gasteiger partial charge in [-0.25, -0.2) is 0 Å². The number of rotatable bonds is 7. The van der Waals surface area contributed by atoms with E-state index in [0.717, 1.165) is 37.9 Å². The van der Waals surface area contributed by atoms with Gasteiger partial charge < -0.3 is 16.2 Å². The summed E-state index contributed by atoms with van der Waals surface area (Å²) in [6.07, 6.45) is 7.07. The molecule has 4 N–H and O–H groups in total. The normalized spacial score (nSPS) is 21.7. The van der Waals surface area contributed by atoms with Gasteiger partial charge in [0.05, 0.1) is 9.75 Å². The minimum atomic E-state index is -0.110. The second-order valence-electron chi connectivity index (χ2n) is 11.3. The van der Waals surface area contributed by atoms with Crippen molar-refractivity contribution < 1.29 is 9.90 Å². The number of carbonyl (C=O) groups excluding carboxylic acids is 1. The lowest BCUT2D eigenvalue weighted by Gasteiger charge is -2.44. The maximum absolute atomic E-state index is 14.2. The van der Waals surface area contributed by atoms with E-state index in [9.17, 15) is 9.90 Å². The Morgan fingerprint density at radius 3 is 2.49 bits per heavy atom. The fourth-order valence-corrected chi connectivity index (χ4v) is 8.73. The molecule has 5 nitrogen and oxygen atoms in total. The standard InChI is InChI=1S/C36H35N3O2S2/c1-3-7-26-12-15-32(42-26)33-16-17-34(43-33)35(41)28-14-13-27(29-20-23-9-4-5-10-24(23)21-30(28)29)31(39-36(37)38-2)19-22-8-6-11-25(40)18-22/h4-6,8-12,15-18,20-21,27-31,40H,13-14,19H2,1-2H3,(H3,37,38,39). The minimum absolute atomic E-state index is 0.0171. The van der Waals surface area contributed by atoms with E-state index in [1.165, 1.54) is 10.4 Å². The van der Waals surface area contributed by atoms with Gasteiger partial charge in [0.2, 0.25) is 0 Å². The Morgan fingerprint density at radius 2 is 1.74 bits per heavy atom. The SMILES string of the molecule is CC#Cc1ccc(-c2ccc(C(=O)C3CCC(C(Cc4cccc(O)c4)NC(N)=NC)C4C=c5ccccc5=CC34)s2)s1. The lowest BCUT2D eigenvalue weighted by molar-refractivity contribution is 0.0768. The van der Waals surface area contributed by atoms with Crippen LogP contribution in [0.5, 0.6) is 5.75 Å². The first kappa shape index (κ1) is 29.0. The highest BCUT2D eigenvalue weighted by molar-refractivity contribution is 7.23. The smallest absolute Gasteiger partial charge is 0.188 e. The van der Waals surface area contributed by atoms with E-state index in [2.05, 4.69) is 70.7 Å². The van der Waals surface area contributed by atoms with Gasteiger partial charge in [-0.1, -0.05) is 54.5 Å². The highest BCUT2D eigenvalue weighted by Gasteiger charge is 2.44. The van der Waals surface area contributed by atoms with Gasteiger partial charge in [-0.15, -0.1) is 28.6 Å². The summed E-state index contributed by atoms with van der Waals surface area (Å²) in [5.41, 5.74) is 7.27. The number of phenolic OH excluding ortho intramolecular Hbond substituents is 1. The van der Waals surface area contributed by atoms with E-state index in [0.29, 0.717) is 12.4 Å². The number of carbonyl (C=O) groups is 1. The first-order valence-electron chi connectivity index (χ1n) is 14.7. The quantitative estimate of drug-likeness (QED) is 0.114. The molecule has 5 unspecified atom stereocenters. The summed E-state index contributed by atoms with van der Waals surface area (Å²) >= 11 is 3.25. The van der Waals surface area contributed by atoms with Crippen LogP contribution in [-0.2, 0) is 6.42 Å². The number of thiophene rings is 2. The molecule has 0 radical (unpaired) electrons. The van der Waals surface area contributed by atoms with E-state index in [-0.39, 0.29) is 41.2 Å². The number of Topliss-reactive ketones (excluding diaryl/α,β-unsaturated/α-hetero) is 1. The highest BCUT2D eigenvalue weighted by atomic mass is 32.1. The van der Waals surface area contributed by atoms with Gasteiger partial charge in [-0.3, -0.25) is 9.79 Å². The Kier molecular flexibility index (Phi) is 8.51. The predicted molar refractivity (Wildman–Crippen MR) is 179 cm³/mol. The van der Waals surface area contributed by atoms with Crippen LogP contribution in [-0.4, -0.2) is 29.9 Å². The number of nitrogens with two attached hydrogens (primary N) is 1. The zero-order valence-electron chi connectivity index (χ0n) is 24.3. The summed E-state index contributed by atoms with van der Waals surface area (Å²) in [6, 6.07) is 24.0. The van der Waals surface area contributed by atoms with E-state index >= 15 is 0 Å². The van der Waals surface area contributed by atoms with E-state index in [4.69, 9.17) is 5.73 Å². The van der Waals surface area contributed by atoms with E-state index < -0.39 is 0 Å². The zero-order chi connectivity index (χ0) is 29.9. The fourth-order valence-electron chi connectivity index (χ4n) is 6.72. The summed E-state index contributed by atoms with van der Waals surface area (Å²) in [4.78, 5) is 22.5. The molecular weight excluding hydrogens is 571 g/mol. The largest absolute Gasteiger partial charge is 0.508 e. The number of phenols is 1. The molecule has 218 valence electrons. The van der Waals surface area contributed by atoms with Crippen molar-refractivity contribution in [3.63, 3.8) is 0 Å². The zero-order valence-corrected chi connectivity index (χ0v) is 25.9. The van der Waals surface area contributed by atoms with Gasteiger partial charge in [0.1, 0.15) is 5.75 Å².